The van der Waals surface area contributed by atoms with Crippen molar-refractivity contribution in [2.45, 2.75) is 19.9 Å². The molecular weight excluding hydrogens is 320 g/mol. The SMILES string of the molecule is Cc1cc2cccnc2cc1C(=O)NC(C)c1cccc2ccccc12. The number of carbonyl (C=O) groups excluding carboxylic acids is 1. The molecule has 0 aliphatic carbocycles. The summed E-state index contributed by atoms with van der Waals surface area (Å²) in [5, 5.41) is 6.53. The number of hydrogen-bond acceptors (Lipinski definition) is 2. The highest BCUT2D eigenvalue weighted by Gasteiger charge is 2.16. The van der Waals surface area contributed by atoms with E-state index in [-0.39, 0.29) is 11.9 Å². The Morgan fingerprint density at radius 3 is 2.62 bits per heavy atom. The standard InChI is InChI=1S/C23H20N2O/c1-15-13-18-9-6-12-24-22(18)14-21(15)23(26)25-16(2)19-11-5-8-17-7-3-4-10-20(17)19/h3-14,16H,1-2H3,(H,25,26). The third-order valence-electron chi connectivity index (χ3n) is 4.83. The predicted octanol–water partition coefficient (Wildman–Crippen LogP) is 5.19. The van der Waals surface area contributed by atoms with Gasteiger partial charge in [0, 0.05) is 17.1 Å². The van der Waals surface area contributed by atoms with Crippen molar-refractivity contribution in [1.29, 1.82) is 0 Å². The molecule has 0 radical (unpaired) electrons. The van der Waals surface area contributed by atoms with Crippen LogP contribution in [-0.2, 0) is 0 Å². The van der Waals surface area contributed by atoms with Gasteiger partial charge in [-0.3, -0.25) is 9.78 Å². The van der Waals surface area contributed by atoms with Gasteiger partial charge in [-0.1, -0.05) is 48.5 Å². The molecule has 0 bridgehead atoms. The van der Waals surface area contributed by atoms with Crippen molar-refractivity contribution in [1.82, 2.24) is 10.3 Å². The fraction of sp³-hybridized carbons (Fsp3) is 0.130. The van der Waals surface area contributed by atoms with Gasteiger partial charge in [0.05, 0.1) is 11.6 Å². The van der Waals surface area contributed by atoms with Gasteiger partial charge in [0.15, 0.2) is 0 Å². The number of fused-ring (bicyclic) bond motifs is 2. The van der Waals surface area contributed by atoms with Crippen LogP contribution in [-0.4, -0.2) is 10.9 Å². The molecule has 3 aromatic carbocycles. The first-order valence-corrected chi connectivity index (χ1v) is 8.77. The monoisotopic (exact) mass is 340 g/mol. The smallest absolute Gasteiger partial charge is 0.252 e. The van der Waals surface area contributed by atoms with Crippen LogP contribution < -0.4 is 5.32 Å². The third-order valence-corrected chi connectivity index (χ3v) is 4.83. The highest BCUT2D eigenvalue weighted by atomic mass is 16.1. The molecule has 4 aromatic rings. The molecule has 1 unspecified atom stereocenters. The second-order valence-electron chi connectivity index (χ2n) is 6.63. The maximum absolute atomic E-state index is 12.9. The number of rotatable bonds is 3. The summed E-state index contributed by atoms with van der Waals surface area (Å²) in [5.41, 5.74) is 3.57. The number of hydrogen-bond donors (Lipinski definition) is 1. The molecule has 3 nitrogen and oxygen atoms in total. The fourth-order valence-electron chi connectivity index (χ4n) is 3.46. The zero-order valence-corrected chi connectivity index (χ0v) is 14.9. The van der Waals surface area contributed by atoms with Crippen LogP contribution in [0.5, 0.6) is 0 Å². The summed E-state index contributed by atoms with van der Waals surface area (Å²) < 4.78 is 0. The van der Waals surface area contributed by atoms with Gasteiger partial charge >= 0.3 is 0 Å². The minimum Gasteiger partial charge on any atom is -0.345 e. The van der Waals surface area contributed by atoms with Crippen molar-refractivity contribution in [2.75, 3.05) is 0 Å². The van der Waals surface area contributed by atoms with Crippen LogP contribution in [0.25, 0.3) is 21.7 Å². The van der Waals surface area contributed by atoms with Crippen LogP contribution in [0.15, 0.2) is 72.9 Å². The van der Waals surface area contributed by atoms with Gasteiger partial charge in [0.1, 0.15) is 0 Å². The van der Waals surface area contributed by atoms with Crippen molar-refractivity contribution in [3.05, 3.63) is 89.6 Å². The van der Waals surface area contributed by atoms with E-state index < -0.39 is 0 Å². The zero-order chi connectivity index (χ0) is 18.1. The quantitative estimate of drug-likeness (QED) is 0.558. The van der Waals surface area contributed by atoms with E-state index in [2.05, 4.69) is 34.6 Å². The predicted molar refractivity (Wildman–Crippen MR) is 106 cm³/mol. The van der Waals surface area contributed by atoms with Crippen molar-refractivity contribution >= 4 is 27.6 Å². The molecule has 1 atom stereocenters. The lowest BCUT2D eigenvalue weighted by Gasteiger charge is -2.17. The summed E-state index contributed by atoms with van der Waals surface area (Å²) in [4.78, 5) is 17.3. The summed E-state index contributed by atoms with van der Waals surface area (Å²) in [6.45, 7) is 3.98. The van der Waals surface area contributed by atoms with Crippen molar-refractivity contribution in [3.63, 3.8) is 0 Å². The minimum atomic E-state index is -0.0903. The van der Waals surface area contributed by atoms with E-state index in [9.17, 15) is 4.79 Å². The molecule has 0 aliphatic heterocycles. The number of nitrogens with zero attached hydrogens (tertiary/aromatic N) is 1. The molecule has 0 fully saturated rings. The lowest BCUT2D eigenvalue weighted by Crippen LogP contribution is -2.27. The Labute approximate surface area is 152 Å². The number of benzene rings is 3. The van der Waals surface area contributed by atoms with Crippen LogP contribution >= 0.6 is 0 Å². The molecule has 1 N–H and O–H groups in total. The normalized spacial score (nSPS) is 12.2. The van der Waals surface area contributed by atoms with Crippen LogP contribution in [0, 0.1) is 6.92 Å². The Balaban J connectivity index is 1.66. The van der Waals surface area contributed by atoms with Crippen molar-refractivity contribution < 1.29 is 4.79 Å². The summed E-state index contributed by atoms with van der Waals surface area (Å²) in [5.74, 6) is -0.0736. The van der Waals surface area contributed by atoms with E-state index in [0.717, 1.165) is 22.0 Å². The summed E-state index contributed by atoms with van der Waals surface area (Å²) in [6, 6.07) is 22.1. The Kier molecular flexibility index (Phi) is 4.13. The van der Waals surface area contributed by atoms with Gasteiger partial charge < -0.3 is 5.32 Å². The average molecular weight is 340 g/mol. The van der Waals surface area contributed by atoms with Gasteiger partial charge in [-0.25, -0.2) is 0 Å². The van der Waals surface area contributed by atoms with E-state index >= 15 is 0 Å². The fourth-order valence-corrected chi connectivity index (χ4v) is 3.46. The summed E-state index contributed by atoms with van der Waals surface area (Å²) in [7, 11) is 0. The maximum atomic E-state index is 12.9. The summed E-state index contributed by atoms with van der Waals surface area (Å²) in [6.07, 6.45) is 1.75. The highest BCUT2D eigenvalue weighted by Crippen LogP contribution is 2.25. The topological polar surface area (TPSA) is 42.0 Å². The molecule has 3 heteroatoms. The van der Waals surface area contributed by atoms with Crippen LogP contribution in [0.2, 0.25) is 0 Å². The Hall–Kier alpha value is -3.20. The van der Waals surface area contributed by atoms with E-state index in [4.69, 9.17) is 0 Å². The molecule has 0 saturated carbocycles. The Bertz CT molecular complexity index is 1110. The average Bonchev–Trinajstić information content (AvgIpc) is 2.66. The molecule has 0 saturated heterocycles. The second kappa shape index (κ2) is 6.60. The van der Waals surface area contributed by atoms with Crippen LogP contribution in [0.3, 0.4) is 0 Å². The number of nitrogens with one attached hydrogen (secondary N) is 1. The Morgan fingerprint density at radius 1 is 0.962 bits per heavy atom. The Morgan fingerprint density at radius 2 is 1.73 bits per heavy atom. The number of pyridine rings is 1. The van der Waals surface area contributed by atoms with Gasteiger partial charge in [-0.05, 0) is 53.9 Å². The maximum Gasteiger partial charge on any atom is 0.252 e. The molecule has 1 aromatic heterocycles. The first-order chi connectivity index (χ1) is 12.6. The zero-order valence-electron chi connectivity index (χ0n) is 14.9. The third kappa shape index (κ3) is 2.92. The van der Waals surface area contributed by atoms with E-state index in [1.807, 2.05) is 56.3 Å². The van der Waals surface area contributed by atoms with Gasteiger partial charge in [-0.15, -0.1) is 0 Å². The van der Waals surface area contributed by atoms with Crippen LogP contribution in [0.1, 0.15) is 34.5 Å². The van der Waals surface area contributed by atoms with Gasteiger partial charge in [0.2, 0.25) is 0 Å². The van der Waals surface area contributed by atoms with E-state index in [1.165, 1.54) is 10.8 Å². The number of carbonyl (C=O) groups is 1. The van der Waals surface area contributed by atoms with Crippen molar-refractivity contribution in [3.8, 4) is 0 Å². The molecule has 4 rings (SSSR count). The molecule has 0 aliphatic rings. The first-order valence-electron chi connectivity index (χ1n) is 8.77. The molecule has 0 spiro atoms. The molecule has 128 valence electrons. The minimum absolute atomic E-state index is 0.0736. The largest absolute Gasteiger partial charge is 0.345 e. The van der Waals surface area contributed by atoms with E-state index in [1.54, 1.807) is 6.20 Å². The number of aromatic nitrogens is 1. The van der Waals surface area contributed by atoms with Crippen molar-refractivity contribution in [2.24, 2.45) is 0 Å². The lowest BCUT2D eigenvalue weighted by atomic mass is 9.99. The van der Waals surface area contributed by atoms with Crippen LogP contribution in [0.4, 0.5) is 0 Å². The molecule has 26 heavy (non-hydrogen) atoms. The van der Waals surface area contributed by atoms with Gasteiger partial charge in [-0.2, -0.15) is 0 Å². The van der Waals surface area contributed by atoms with E-state index in [0.29, 0.717) is 5.56 Å². The summed E-state index contributed by atoms with van der Waals surface area (Å²) >= 11 is 0. The molecule has 1 amide bonds. The first kappa shape index (κ1) is 16.3. The molecular formula is C23H20N2O. The lowest BCUT2D eigenvalue weighted by molar-refractivity contribution is 0.0939. The van der Waals surface area contributed by atoms with Gasteiger partial charge in [0.25, 0.3) is 5.91 Å². The molecule has 1 heterocycles. The number of aryl methyl sites for hydroxylation is 1. The highest BCUT2D eigenvalue weighted by molar-refractivity contribution is 6.00. The second-order valence-corrected chi connectivity index (χ2v) is 6.63. The number of amides is 1.